The Morgan fingerprint density at radius 1 is 1.26 bits per heavy atom. The summed E-state index contributed by atoms with van der Waals surface area (Å²) in [5.74, 6) is -0.439. The predicted octanol–water partition coefficient (Wildman–Crippen LogP) is 0.660. The van der Waals surface area contributed by atoms with Gasteiger partial charge in [0.05, 0.1) is 32.9 Å². The van der Waals surface area contributed by atoms with Crippen molar-refractivity contribution in [1.29, 1.82) is 0 Å². The highest BCUT2D eigenvalue weighted by Crippen LogP contribution is 2.32. The van der Waals surface area contributed by atoms with Gasteiger partial charge in [0.2, 0.25) is 0 Å². The van der Waals surface area contributed by atoms with Crippen LogP contribution in [0.2, 0.25) is 0 Å². The molecule has 27 heavy (non-hydrogen) atoms. The molecule has 0 radical (unpaired) electrons. The van der Waals surface area contributed by atoms with Crippen LogP contribution in [0.1, 0.15) is 11.9 Å². The van der Waals surface area contributed by atoms with Crippen LogP contribution < -0.4 is 10.1 Å². The van der Waals surface area contributed by atoms with Gasteiger partial charge in [-0.05, 0) is 18.2 Å². The van der Waals surface area contributed by atoms with Crippen molar-refractivity contribution >= 4 is 17.6 Å². The third-order valence-electron chi connectivity index (χ3n) is 4.15. The highest BCUT2D eigenvalue weighted by atomic mass is 16.7. The number of hydrogen-bond acceptors (Lipinski definition) is 8. The summed E-state index contributed by atoms with van der Waals surface area (Å²) in [6.07, 6.45) is -0.713. The van der Waals surface area contributed by atoms with Crippen molar-refractivity contribution in [1.82, 2.24) is 4.90 Å². The Kier molecular flexibility index (Phi) is 7.17. The smallest absolute Gasteiger partial charge is 0.337 e. The number of esters is 1. The molecule has 0 spiro atoms. The Balaban J connectivity index is 2.45. The van der Waals surface area contributed by atoms with E-state index in [1.165, 1.54) is 33.3 Å². The first-order chi connectivity index (χ1) is 13.0. The lowest BCUT2D eigenvalue weighted by molar-refractivity contribution is -0.136. The zero-order valence-corrected chi connectivity index (χ0v) is 15.8. The van der Waals surface area contributed by atoms with E-state index in [-0.39, 0.29) is 31.0 Å². The number of benzene rings is 1. The summed E-state index contributed by atoms with van der Waals surface area (Å²) >= 11 is 0. The van der Waals surface area contributed by atoms with Crippen molar-refractivity contribution in [2.24, 2.45) is 0 Å². The molecular formula is C18H24N2O7. The average molecular weight is 380 g/mol. The number of hydrogen-bond donors (Lipinski definition) is 2. The fourth-order valence-corrected chi connectivity index (χ4v) is 2.81. The zero-order chi connectivity index (χ0) is 20.0. The van der Waals surface area contributed by atoms with Crippen molar-refractivity contribution < 1.29 is 33.6 Å². The minimum absolute atomic E-state index is 0.0534. The predicted molar refractivity (Wildman–Crippen MR) is 96.1 cm³/mol. The molecule has 0 saturated carbocycles. The van der Waals surface area contributed by atoms with Crippen LogP contribution in [0.5, 0.6) is 5.75 Å². The number of aliphatic hydroxyl groups is 1. The van der Waals surface area contributed by atoms with Crippen LogP contribution in [0, 0.1) is 0 Å². The molecule has 0 fully saturated rings. The monoisotopic (exact) mass is 380 g/mol. The number of carbonyl (C=O) groups is 2. The van der Waals surface area contributed by atoms with Crippen LogP contribution in [-0.2, 0) is 23.8 Å². The van der Waals surface area contributed by atoms with Crippen molar-refractivity contribution in [2.45, 2.75) is 6.29 Å². The van der Waals surface area contributed by atoms with Crippen LogP contribution in [0.15, 0.2) is 29.5 Å². The van der Waals surface area contributed by atoms with Crippen molar-refractivity contribution in [3.8, 4) is 5.75 Å². The van der Waals surface area contributed by atoms with Crippen LogP contribution in [0.25, 0.3) is 0 Å². The lowest BCUT2D eigenvalue weighted by atomic mass is 10.1. The van der Waals surface area contributed by atoms with Gasteiger partial charge in [0.25, 0.3) is 5.91 Å². The Morgan fingerprint density at radius 3 is 2.52 bits per heavy atom. The number of carbonyl (C=O) groups excluding carboxylic acids is 2. The Morgan fingerprint density at radius 2 is 1.96 bits per heavy atom. The van der Waals surface area contributed by atoms with Crippen LogP contribution in [-0.4, -0.2) is 70.0 Å². The molecule has 1 aromatic rings. The van der Waals surface area contributed by atoms with Gasteiger partial charge >= 0.3 is 5.97 Å². The van der Waals surface area contributed by atoms with Gasteiger partial charge in [0.15, 0.2) is 6.29 Å². The second-order valence-corrected chi connectivity index (χ2v) is 5.68. The zero-order valence-electron chi connectivity index (χ0n) is 15.8. The van der Waals surface area contributed by atoms with E-state index < -0.39 is 18.2 Å². The SMILES string of the molecule is COC(=O)C1=C(Nc2ccc(OC)cc2C(OC)OC)C(=O)N(CCO)C1. The van der Waals surface area contributed by atoms with Crippen LogP contribution >= 0.6 is 0 Å². The van der Waals surface area contributed by atoms with Gasteiger partial charge in [-0.3, -0.25) is 4.79 Å². The maximum atomic E-state index is 12.7. The highest BCUT2D eigenvalue weighted by Gasteiger charge is 2.35. The van der Waals surface area contributed by atoms with Gasteiger partial charge < -0.3 is 34.3 Å². The average Bonchev–Trinajstić information content (AvgIpc) is 2.99. The number of anilines is 1. The van der Waals surface area contributed by atoms with Crippen molar-refractivity contribution in [3.05, 3.63) is 35.0 Å². The number of β-amino-alcohol motifs (C(OH)–C–C–N with tert-alkyl or cyclic N) is 1. The summed E-state index contributed by atoms with van der Waals surface area (Å²) < 4.78 is 20.7. The lowest BCUT2D eigenvalue weighted by Gasteiger charge is -2.20. The quantitative estimate of drug-likeness (QED) is 0.475. The molecule has 0 aromatic heterocycles. The molecule has 0 bridgehead atoms. The second kappa shape index (κ2) is 9.36. The van der Waals surface area contributed by atoms with E-state index in [0.29, 0.717) is 17.0 Å². The van der Waals surface area contributed by atoms with E-state index in [2.05, 4.69) is 5.32 Å². The van der Waals surface area contributed by atoms with Crippen LogP contribution in [0.4, 0.5) is 5.69 Å². The topological polar surface area (TPSA) is 107 Å². The highest BCUT2D eigenvalue weighted by molar-refractivity contribution is 6.08. The minimum atomic E-state index is -0.713. The molecule has 9 nitrogen and oxygen atoms in total. The van der Waals surface area contributed by atoms with Gasteiger partial charge in [0.1, 0.15) is 11.4 Å². The molecule has 148 valence electrons. The van der Waals surface area contributed by atoms with E-state index in [1.807, 2.05) is 0 Å². The van der Waals surface area contributed by atoms with E-state index in [4.69, 9.17) is 24.1 Å². The van der Waals surface area contributed by atoms with Gasteiger partial charge in [-0.2, -0.15) is 0 Å². The van der Waals surface area contributed by atoms with Crippen molar-refractivity contribution in [3.63, 3.8) is 0 Å². The minimum Gasteiger partial charge on any atom is -0.497 e. The first kappa shape index (κ1) is 20.7. The summed E-state index contributed by atoms with van der Waals surface area (Å²) in [7, 11) is 5.75. The fourth-order valence-electron chi connectivity index (χ4n) is 2.81. The number of amides is 1. The van der Waals surface area contributed by atoms with E-state index >= 15 is 0 Å². The van der Waals surface area contributed by atoms with E-state index in [1.54, 1.807) is 18.2 Å². The van der Waals surface area contributed by atoms with E-state index in [0.717, 1.165) is 0 Å². The summed E-state index contributed by atoms with van der Waals surface area (Å²) in [6.45, 7) is -0.0483. The molecule has 1 aromatic carbocycles. The number of nitrogens with one attached hydrogen (secondary N) is 1. The largest absolute Gasteiger partial charge is 0.497 e. The standard InChI is InChI=1S/C18H24N2O7/c1-24-11-5-6-14(12(9-11)18(26-3)27-4)19-15-13(17(23)25-2)10-20(7-8-21)16(15)22/h5-6,9,18-19,21H,7-8,10H2,1-4H3. The van der Waals surface area contributed by atoms with Gasteiger partial charge in [-0.1, -0.05) is 0 Å². The fraction of sp³-hybridized carbons (Fsp3) is 0.444. The Bertz CT molecular complexity index is 728. The van der Waals surface area contributed by atoms with Crippen molar-refractivity contribution in [2.75, 3.05) is 53.5 Å². The van der Waals surface area contributed by atoms with E-state index in [9.17, 15) is 9.59 Å². The summed E-state index contributed by atoms with van der Waals surface area (Å²) in [6, 6.07) is 5.11. The molecule has 1 aliphatic heterocycles. The number of rotatable bonds is 9. The summed E-state index contributed by atoms with van der Waals surface area (Å²) in [5.41, 5.74) is 1.38. The molecule has 0 saturated heterocycles. The second-order valence-electron chi connectivity index (χ2n) is 5.68. The number of ether oxygens (including phenoxy) is 4. The molecule has 0 unspecified atom stereocenters. The normalized spacial score (nSPS) is 14.1. The molecule has 2 rings (SSSR count). The first-order valence-electron chi connectivity index (χ1n) is 8.22. The summed E-state index contributed by atoms with van der Waals surface area (Å²) in [4.78, 5) is 26.1. The van der Waals surface area contributed by atoms with Crippen LogP contribution in [0.3, 0.4) is 0 Å². The maximum Gasteiger partial charge on any atom is 0.337 e. The maximum absolute atomic E-state index is 12.7. The number of methoxy groups -OCH3 is 4. The summed E-state index contributed by atoms with van der Waals surface area (Å²) in [5, 5.41) is 12.1. The molecule has 1 amide bonds. The molecule has 1 aliphatic rings. The lowest BCUT2D eigenvalue weighted by Crippen LogP contribution is -2.31. The molecule has 2 N–H and O–H groups in total. The third kappa shape index (κ3) is 4.38. The van der Waals surface area contributed by atoms with Gasteiger partial charge in [0, 0.05) is 32.0 Å². The number of aliphatic hydroxyl groups excluding tert-OH is 1. The first-order valence-corrected chi connectivity index (χ1v) is 8.22. The number of nitrogens with zero attached hydrogens (tertiary/aromatic N) is 1. The third-order valence-corrected chi connectivity index (χ3v) is 4.15. The Hall–Kier alpha value is -2.62. The molecule has 9 heteroatoms. The van der Waals surface area contributed by atoms with Gasteiger partial charge in [-0.25, -0.2) is 4.79 Å². The molecule has 0 atom stereocenters. The molecular weight excluding hydrogens is 356 g/mol. The Labute approximate surface area is 157 Å². The molecule has 1 heterocycles. The molecule has 0 aliphatic carbocycles. The van der Waals surface area contributed by atoms with Gasteiger partial charge in [-0.15, -0.1) is 0 Å².